The van der Waals surface area contributed by atoms with Gasteiger partial charge in [-0.05, 0) is 54.8 Å². The Hall–Kier alpha value is -4.53. The van der Waals surface area contributed by atoms with Crippen LogP contribution in [0.2, 0.25) is 0 Å². The number of phenols is 1. The SMILES string of the molecule is COc1cc(O)c2c(c1C(=O)NCc1c(C)ccc3cc(F)ccc13)OC1=CC(=O)C(C(C)=O)C(=O)[C@]12C. The Morgan fingerprint density at radius 1 is 1.18 bits per heavy atom. The lowest BCUT2D eigenvalue weighted by Gasteiger charge is -2.30. The van der Waals surface area contributed by atoms with E-state index in [1.165, 1.54) is 32.2 Å². The maximum atomic E-state index is 13.7. The molecule has 1 heterocycles. The summed E-state index contributed by atoms with van der Waals surface area (Å²) in [6, 6.07) is 9.23. The molecule has 194 valence electrons. The number of hydrogen-bond acceptors (Lipinski definition) is 7. The second-order valence-electron chi connectivity index (χ2n) is 9.63. The number of ether oxygens (including phenoxy) is 2. The molecule has 0 saturated heterocycles. The van der Waals surface area contributed by atoms with E-state index in [-0.39, 0.29) is 46.5 Å². The van der Waals surface area contributed by atoms with Gasteiger partial charge in [0.25, 0.3) is 5.91 Å². The topological polar surface area (TPSA) is 119 Å². The van der Waals surface area contributed by atoms with Gasteiger partial charge in [0.2, 0.25) is 0 Å². The minimum absolute atomic E-state index is 0.0137. The van der Waals surface area contributed by atoms with Crippen molar-refractivity contribution in [1.82, 2.24) is 5.32 Å². The van der Waals surface area contributed by atoms with E-state index in [2.05, 4.69) is 5.32 Å². The second kappa shape index (κ2) is 8.79. The van der Waals surface area contributed by atoms with Crippen molar-refractivity contribution in [3.63, 3.8) is 0 Å². The van der Waals surface area contributed by atoms with Gasteiger partial charge in [0.05, 0.1) is 12.7 Å². The van der Waals surface area contributed by atoms with Crippen molar-refractivity contribution < 1.29 is 38.1 Å². The van der Waals surface area contributed by atoms with Gasteiger partial charge in [-0.2, -0.15) is 0 Å². The maximum Gasteiger partial charge on any atom is 0.259 e. The molecule has 2 atom stereocenters. The summed E-state index contributed by atoms with van der Waals surface area (Å²) in [5.74, 6) is -5.21. The molecule has 8 nitrogen and oxygen atoms in total. The lowest BCUT2D eigenvalue weighted by Crippen LogP contribution is -2.47. The van der Waals surface area contributed by atoms with Crippen molar-refractivity contribution in [3.05, 3.63) is 76.3 Å². The zero-order chi connectivity index (χ0) is 27.5. The van der Waals surface area contributed by atoms with Crippen molar-refractivity contribution in [2.75, 3.05) is 7.11 Å². The van der Waals surface area contributed by atoms with Gasteiger partial charge < -0.3 is 19.9 Å². The Labute approximate surface area is 217 Å². The molecule has 9 heteroatoms. The monoisotopic (exact) mass is 517 g/mol. The predicted octanol–water partition coefficient (Wildman–Crippen LogP) is 3.82. The van der Waals surface area contributed by atoms with Gasteiger partial charge in [0.15, 0.2) is 17.3 Å². The zero-order valence-electron chi connectivity index (χ0n) is 21.1. The molecule has 3 aromatic carbocycles. The summed E-state index contributed by atoms with van der Waals surface area (Å²) < 4.78 is 25.0. The van der Waals surface area contributed by atoms with E-state index in [1.54, 1.807) is 12.1 Å². The molecule has 2 N–H and O–H groups in total. The third kappa shape index (κ3) is 3.57. The fourth-order valence-electron chi connectivity index (χ4n) is 5.32. The molecule has 1 aliphatic carbocycles. The number of Topliss-reactive ketones (excluding diaryl/α,β-unsaturated/α-hetero) is 2. The van der Waals surface area contributed by atoms with Crippen LogP contribution in [0.3, 0.4) is 0 Å². The summed E-state index contributed by atoms with van der Waals surface area (Å²) in [6.07, 6.45) is 1.07. The first kappa shape index (κ1) is 25.1. The molecule has 0 spiro atoms. The number of methoxy groups -OCH3 is 1. The first-order valence-electron chi connectivity index (χ1n) is 11.9. The molecule has 0 aromatic heterocycles. The number of hydrogen-bond donors (Lipinski definition) is 2. The quantitative estimate of drug-likeness (QED) is 0.494. The van der Waals surface area contributed by atoms with Crippen molar-refractivity contribution >= 4 is 34.0 Å². The van der Waals surface area contributed by atoms with Crippen LogP contribution in [-0.2, 0) is 26.3 Å². The van der Waals surface area contributed by atoms with E-state index >= 15 is 0 Å². The number of ketones is 3. The lowest BCUT2D eigenvalue weighted by molar-refractivity contribution is -0.140. The lowest BCUT2D eigenvalue weighted by atomic mass is 9.67. The summed E-state index contributed by atoms with van der Waals surface area (Å²) in [5, 5.41) is 15.2. The number of benzene rings is 3. The van der Waals surface area contributed by atoms with Crippen LogP contribution in [-0.4, -0.2) is 35.5 Å². The number of aryl methyl sites for hydroxylation is 1. The van der Waals surface area contributed by atoms with Crippen molar-refractivity contribution in [2.45, 2.75) is 32.7 Å². The molecular formula is C29H24FNO7. The Morgan fingerprint density at radius 3 is 2.61 bits per heavy atom. The Kier molecular flexibility index (Phi) is 5.82. The number of allylic oxidation sites excluding steroid dienone is 2. The van der Waals surface area contributed by atoms with Gasteiger partial charge in [-0.25, -0.2) is 4.39 Å². The second-order valence-corrected chi connectivity index (χ2v) is 9.63. The van der Waals surface area contributed by atoms with Crippen LogP contribution in [0.5, 0.6) is 17.2 Å². The molecule has 38 heavy (non-hydrogen) atoms. The van der Waals surface area contributed by atoms with Gasteiger partial charge in [0, 0.05) is 18.7 Å². The van der Waals surface area contributed by atoms with E-state index in [0.29, 0.717) is 5.39 Å². The standard InChI is InChI=1S/C29H24FNO7/c1-13-5-6-15-9-16(30)7-8-17(15)18(13)12-31-28(36)24-21(37-4)10-20(34)25-26(24)38-22-11-19(33)23(14(2)32)27(35)29(22,25)3/h5-11,23,34H,12H2,1-4H3,(H,31,36)/t23?,29-/m1/s1. The zero-order valence-corrected chi connectivity index (χ0v) is 21.1. The van der Waals surface area contributed by atoms with Gasteiger partial charge in [-0.3, -0.25) is 19.2 Å². The maximum absolute atomic E-state index is 13.7. The molecule has 1 unspecified atom stereocenters. The average molecular weight is 518 g/mol. The van der Waals surface area contributed by atoms with Crippen molar-refractivity contribution in [3.8, 4) is 17.2 Å². The van der Waals surface area contributed by atoms with E-state index in [9.17, 15) is 28.7 Å². The number of nitrogens with one attached hydrogen (secondary N) is 1. The smallest absolute Gasteiger partial charge is 0.259 e. The number of amides is 1. The van der Waals surface area contributed by atoms with Gasteiger partial charge in [-0.15, -0.1) is 0 Å². The predicted molar refractivity (Wildman–Crippen MR) is 135 cm³/mol. The Bertz CT molecular complexity index is 1620. The van der Waals surface area contributed by atoms with Crippen LogP contribution in [0.25, 0.3) is 10.8 Å². The number of halogens is 1. The van der Waals surface area contributed by atoms with E-state index in [1.807, 2.05) is 13.0 Å². The van der Waals surface area contributed by atoms with Gasteiger partial charge in [0.1, 0.15) is 45.8 Å². The van der Waals surface area contributed by atoms with Crippen LogP contribution in [0.1, 0.15) is 40.9 Å². The number of fused-ring (bicyclic) bond motifs is 4. The highest BCUT2D eigenvalue weighted by atomic mass is 19.1. The molecule has 1 amide bonds. The first-order valence-corrected chi connectivity index (χ1v) is 11.9. The fraction of sp³-hybridized carbons (Fsp3) is 0.241. The number of aromatic hydroxyl groups is 1. The summed E-state index contributed by atoms with van der Waals surface area (Å²) in [5.41, 5.74) is -0.0943. The molecule has 0 radical (unpaired) electrons. The number of rotatable bonds is 5. The average Bonchev–Trinajstić information content (AvgIpc) is 3.16. The third-order valence-electron chi connectivity index (χ3n) is 7.35. The highest BCUT2D eigenvalue weighted by Crippen LogP contribution is 2.56. The van der Waals surface area contributed by atoms with Crippen molar-refractivity contribution in [2.24, 2.45) is 5.92 Å². The number of carbonyl (C=O) groups excluding carboxylic acids is 4. The first-order chi connectivity index (χ1) is 18.0. The van der Waals surface area contributed by atoms with Crippen LogP contribution in [0.15, 0.2) is 48.2 Å². The summed E-state index contributed by atoms with van der Waals surface area (Å²) in [7, 11) is 1.31. The molecular weight excluding hydrogens is 493 g/mol. The van der Waals surface area contributed by atoms with Gasteiger partial charge in [-0.1, -0.05) is 18.2 Å². The van der Waals surface area contributed by atoms with Crippen LogP contribution < -0.4 is 14.8 Å². The minimum atomic E-state index is -1.65. The third-order valence-corrected chi connectivity index (χ3v) is 7.35. The van der Waals surface area contributed by atoms with E-state index < -0.39 is 34.6 Å². The van der Waals surface area contributed by atoms with Gasteiger partial charge >= 0.3 is 0 Å². The molecule has 2 aliphatic rings. The highest BCUT2D eigenvalue weighted by molar-refractivity contribution is 6.27. The molecule has 3 aromatic rings. The van der Waals surface area contributed by atoms with Crippen LogP contribution >= 0.6 is 0 Å². The van der Waals surface area contributed by atoms with Crippen LogP contribution in [0, 0.1) is 18.7 Å². The molecule has 0 bridgehead atoms. The number of phenolic OH excluding ortho intramolecular Hbond substituents is 1. The van der Waals surface area contributed by atoms with Crippen LogP contribution in [0.4, 0.5) is 4.39 Å². The normalized spacial score (nSPS) is 19.9. The highest BCUT2D eigenvalue weighted by Gasteiger charge is 2.58. The fourth-order valence-corrected chi connectivity index (χ4v) is 5.32. The van der Waals surface area contributed by atoms with E-state index in [4.69, 9.17) is 9.47 Å². The largest absolute Gasteiger partial charge is 0.507 e. The summed E-state index contributed by atoms with van der Waals surface area (Å²) in [6.45, 7) is 4.55. The minimum Gasteiger partial charge on any atom is -0.507 e. The molecule has 1 aliphatic heterocycles. The molecule has 0 fully saturated rings. The number of carbonyl (C=O) groups is 4. The Morgan fingerprint density at radius 2 is 1.92 bits per heavy atom. The summed E-state index contributed by atoms with van der Waals surface area (Å²) >= 11 is 0. The van der Waals surface area contributed by atoms with Crippen molar-refractivity contribution in [1.29, 1.82) is 0 Å². The van der Waals surface area contributed by atoms with E-state index in [0.717, 1.165) is 29.5 Å². The Balaban J connectivity index is 1.58. The molecule has 5 rings (SSSR count). The summed E-state index contributed by atoms with van der Waals surface area (Å²) in [4.78, 5) is 51.6. The molecule has 0 saturated carbocycles.